The molecule has 2 aliphatic heterocycles. The van der Waals surface area contributed by atoms with Gasteiger partial charge in [-0.3, -0.25) is 10.00 Å². The fraction of sp³-hybridized carbons (Fsp3) is 0.480. The number of thiophene rings is 1. The SMILES string of the molecule is CCCS(=O)(=O)N1CCN(Cc2cc3c(N4CCOCC4)nc(-c4cccc5[nH]ncc45)nc3s2)CC1. The maximum absolute atomic E-state index is 12.4. The summed E-state index contributed by atoms with van der Waals surface area (Å²) in [5.41, 5.74) is 1.92. The van der Waals surface area contributed by atoms with Crippen LogP contribution >= 0.6 is 11.3 Å². The number of aromatic nitrogens is 4. The number of benzene rings is 1. The summed E-state index contributed by atoms with van der Waals surface area (Å²) in [6.45, 7) is 8.18. The van der Waals surface area contributed by atoms with Crippen molar-refractivity contribution in [2.75, 3.05) is 63.1 Å². The summed E-state index contributed by atoms with van der Waals surface area (Å²) in [6, 6.07) is 8.26. The molecule has 2 fully saturated rings. The van der Waals surface area contributed by atoms with Crippen LogP contribution in [0.5, 0.6) is 0 Å². The molecule has 0 atom stereocenters. The van der Waals surface area contributed by atoms with Crippen LogP contribution in [0.15, 0.2) is 30.5 Å². The Balaban J connectivity index is 1.31. The Kier molecular flexibility index (Phi) is 6.84. The number of hydrogen-bond acceptors (Lipinski definition) is 9. The molecule has 6 rings (SSSR count). The summed E-state index contributed by atoms with van der Waals surface area (Å²) >= 11 is 1.69. The van der Waals surface area contributed by atoms with Crippen molar-refractivity contribution in [1.82, 2.24) is 29.4 Å². The molecule has 0 unspecified atom stereocenters. The van der Waals surface area contributed by atoms with Crippen molar-refractivity contribution in [2.24, 2.45) is 0 Å². The van der Waals surface area contributed by atoms with Crippen LogP contribution in [-0.4, -0.2) is 96.0 Å². The molecule has 3 aromatic heterocycles. The van der Waals surface area contributed by atoms with Gasteiger partial charge in [-0.25, -0.2) is 18.4 Å². The van der Waals surface area contributed by atoms with E-state index in [-0.39, 0.29) is 5.75 Å². The summed E-state index contributed by atoms with van der Waals surface area (Å²) in [5.74, 6) is 1.87. The number of nitrogens with one attached hydrogen (secondary N) is 1. The van der Waals surface area contributed by atoms with E-state index in [0.717, 1.165) is 65.2 Å². The monoisotopic (exact) mass is 541 g/mol. The maximum Gasteiger partial charge on any atom is 0.214 e. The number of morpholine rings is 1. The Morgan fingerprint density at radius 3 is 2.65 bits per heavy atom. The Morgan fingerprint density at radius 2 is 1.86 bits per heavy atom. The number of piperazine rings is 1. The lowest BCUT2D eigenvalue weighted by atomic mass is 10.1. The molecule has 0 saturated carbocycles. The Morgan fingerprint density at radius 1 is 1.05 bits per heavy atom. The average Bonchev–Trinajstić information content (AvgIpc) is 3.55. The molecule has 0 spiro atoms. The normalized spacial score (nSPS) is 18.2. The number of H-pyrrole nitrogens is 1. The second-order valence-corrected chi connectivity index (χ2v) is 12.7. The quantitative estimate of drug-likeness (QED) is 0.381. The first kappa shape index (κ1) is 24.7. The standard InChI is InChI=1S/C25H31N7O3S2/c1-2-14-37(33,34)32-8-6-30(7-9-32)17-18-15-20-24(31-10-12-35-13-11-31)27-23(28-25(20)36-18)19-4-3-5-22-21(19)16-26-29-22/h3-5,15-16H,2,6-14,17H2,1H3,(H,26,29). The van der Waals surface area contributed by atoms with Crippen LogP contribution in [-0.2, 0) is 21.3 Å². The van der Waals surface area contributed by atoms with Crippen molar-refractivity contribution in [3.8, 4) is 11.4 Å². The van der Waals surface area contributed by atoms with E-state index in [1.165, 1.54) is 4.88 Å². The van der Waals surface area contributed by atoms with Gasteiger partial charge in [0.25, 0.3) is 0 Å². The molecule has 5 heterocycles. The second-order valence-electron chi connectivity index (χ2n) is 9.53. The summed E-state index contributed by atoms with van der Waals surface area (Å²) in [6.07, 6.45) is 2.47. The van der Waals surface area contributed by atoms with Crippen LogP contribution in [0, 0.1) is 0 Å². The molecule has 2 aliphatic rings. The van der Waals surface area contributed by atoms with Crippen LogP contribution in [0.1, 0.15) is 18.2 Å². The van der Waals surface area contributed by atoms with E-state index in [9.17, 15) is 8.42 Å². The van der Waals surface area contributed by atoms with Crippen LogP contribution in [0.25, 0.3) is 32.5 Å². The minimum absolute atomic E-state index is 0.223. The zero-order valence-electron chi connectivity index (χ0n) is 20.9. The van der Waals surface area contributed by atoms with Crippen molar-refractivity contribution >= 4 is 48.3 Å². The zero-order valence-corrected chi connectivity index (χ0v) is 22.5. The lowest BCUT2D eigenvalue weighted by Crippen LogP contribution is -2.48. The van der Waals surface area contributed by atoms with Crippen molar-refractivity contribution in [2.45, 2.75) is 19.9 Å². The fourth-order valence-corrected chi connectivity index (χ4v) is 7.67. The number of fused-ring (bicyclic) bond motifs is 2. The molecule has 0 aliphatic carbocycles. The smallest absolute Gasteiger partial charge is 0.214 e. The van der Waals surface area contributed by atoms with Gasteiger partial charge < -0.3 is 9.64 Å². The molecule has 4 aromatic rings. The molecule has 0 radical (unpaired) electrons. The van der Waals surface area contributed by atoms with Gasteiger partial charge in [-0.05, 0) is 18.6 Å². The van der Waals surface area contributed by atoms with Crippen molar-refractivity contribution in [3.05, 3.63) is 35.3 Å². The van der Waals surface area contributed by atoms with E-state index in [2.05, 4.69) is 26.1 Å². The van der Waals surface area contributed by atoms with Crippen LogP contribution in [0.4, 0.5) is 5.82 Å². The lowest BCUT2D eigenvalue weighted by Gasteiger charge is -2.33. The number of nitrogens with zero attached hydrogens (tertiary/aromatic N) is 6. The first-order valence-electron chi connectivity index (χ1n) is 12.8. The van der Waals surface area contributed by atoms with E-state index in [1.54, 1.807) is 15.6 Å². The van der Waals surface area contributed by atoms with Crippen molar-refractivity contribution in [3.63, 3.8) is 0 Å². The fourth-order valence-electron chi connectivity index (χ4n) is 5.11. The average molecular weight is 542 g/mol. The van der Waals surface area contributed by atoms with E-state index in [1.807, 2.05) is 31.3 Å². The summed E-state index contributed by atoms with van der Waals surface area (Å²) in [5, 5.41) is 9.31. The highest BCUT2D eigenvalue weighted by molar-refractivity contribution is 7.89. The largest absolute Gasteiger partial charge is 0.378 e. The summed E-state index contributed by atoms with van der Waals surface area (Å²) in [7, 11) is -3.14. The Bertz CT molecular complexity index is 1500. The van der Waals surface area contributed by atoms with Gasteiger partial charge in [0.1, 0.15) is 10.6 Å². The highest BCUT2D eigenvalue weighted by Crippen LogP contribution is 2.35. The van der Waals surface area contributed by atoms with E-state index >= 15 is 0 Å². The van der Waals surface area contributed by atoms with Gasteiger partial charge in [0.15, 0.2) is 5.82 Å². The van der Waals surface area contributed by atoms with Gasteiger partial charge in [-0.2, -0.15) is 9.40 Å². The number of sulfonamides is 1. The highest BCUT2D eigenvalue weighted by Gasteiger charge is 2.27. The van der Waals surface area contributed by atoms with Crippen LogP contribution in [0.3, 0.4) is 0 Å². The highest BCUT2D eigenvalue weighted by atomic mass is 32.2. The van der Waals surface area contributed by atoms with Gasteiger partial charge in [-0.1, -0.05) is 19.1 Å². The third-order valence-corrected chi connectivity index (χ3v) is 10.1. The number of aromatic amines is 1. The van der Waals surface area contributed by atoms with Crippen molar-refractivity contribution < 1.29 is 13.2 Å². The number of anilines is 1. The molecule has 0 amide bonds. The predicted molar refractivity (Wildman–Crippen MR) is 146 cm³/mol. The maximum atomic E-state index is 12.4. The lowest BCUT2D eigenvalue weighted by molar-refractivity contribution is 0.122. The minimum atomic E-state index is -3.14. The Labute approximate surface area is 220 Å². The van der Waals surface area contributed by atoms with Gasteiger partial charge in [0, 0.05) is 61.6 Å². The van der Waals surface area contributed by atoms with Crippen LogP contribution in [0.2, 0.25) is 0 Å². The van der Waals surface area contributed by atoms with Crippen LogP contribution < -0.4 is 4.90 Å². The Hall–Kier alpha value is -2.64. The van der Waals surface area contributed by atoms with Gasteiger partial charge in [0.05, 0.1) is 36.1 Å². The number of hydrogen-bond donors (Lipinski definition) is 1. The van der Waals surface area contributed by atoms with Gasteiger partial charge in [0.2, 0.25) is 10.0 Å². The summed E-state index contributed by atoms with van der Waals surface area (Å²) in [4.78, 5) is 16.9. The first-order chi connectivity index (χ1) is 18.0. The van der Waals surface area contributed by atoms with E-state index in [4.69, 9.17) is 14.7 Å². The molecule has 12 heteroatoms. The molecule has 196 valence electrons. The van der Waals surface area contributed by atoms with Crippen molar-refractivity contribution in [1.29, 1.82) is 0 Å². The van der Waals surface area contributed by atoms with E-state index < -0.39 is 10.0 Å². The second kappa shape index (κ2) is 10.3. The molecule has 0 bridgehead atoms. The third kappa shape index (κ3) is 4.96. The summed E-state index contributed by atoms with van der Waals surface area (Å²) < 4.78 is 32.1. The molecule has 10 nitrogen and oxygen atoms in total. The first-order valence-corrected chi connectivity index (χ1v) is 15.2. The number of rotatable bonds is 7. The minimum Gasteiger partial charge on any atom is -0.378 e. The third-order valence-electron chi connectivity index (χ3n) is 7.03. The molecule has 1 aromatic carbocycles. The molecular formula is C25H31N7O3S2. The van der Waals surface area contributed by atoms with Gasteiger partial charge in [-0.15, -0.1) is 11.3 Å². The molecular weight excluding hydrogens is 510 g/mol. The zero-order chi connectivity index (χ0) is 25.4. The predicted octanol–water partition coefficient (Wildman–Crippen LogP) is 2.93. The topological polar surface area (TPSA) is 108 Å². The molecule has 1 N–H and O–H groups in total. The number of ether oxygens (including phenoxy) is 1. The van der Waals surface area contributed by atoms with Gasteiger partial charge >= 0.3 is 0 Å². The molecule has 37 heavy (non-hydrogen) atoms. The van der Waals surface area contributed by atoms with E-state index in [0.29, 0.717) is 38.5 Å². The molecule has 2 saturated heterocycles.